The van der Waals surface area contributed by atoms with Crippen LogP contribution in [-0.2, 0) is 11.3 Å². The van der Waals surface area contributed by atoms with Gasteiger partial charge in [0, 0.05) is 37.9 Å². The first-order valence-corrected chi connectivity index (χ1v) is 5.21. The van der Waals surface area contributed by atoms with Crippen LogP contribution in [0, 0.1) is 0 Å². The largest absolute Gasteiger partial charge is 0.352 e. The lowest BCUT2D eigenvalue weighted by atomic mass is 10.2. The van der Waals surface area contributed by atoms with Gasteiger partial charge in [-0.1, -0.05) is 6.92 Å². The fraction of sp³-hybridized carbons (Fsp3) is 0.600. The second kappa shape index (κ2) is 6.19. The quantitative estimate of drug-likeness (QED) is 0.700. The van der Waals surface area contributed by atoms with E-state index in [0.717, 1.165) is 6.42 Å². The summed E-state index contributed by atoms with van der Waals surface area (Å²) in [6, 6.07) is 0.0975. The molecule has 5 nitrogen and oxygen atoms in total. The van der Waals surface area contributed by atoms with Crippen molar-refractivity contribution in [1.82, 2.24) is 14.9 Å². The van der Waals surface area contributed by atoms with Gasteiger partial charge in [0.05, 0.1) is 6.33 Å². The molecule has 3 N–H and O–H groups in total. The van der Waals surface area contributed by atoms with Crippen molar-refractivity contribution in [3.8, 4) is 0 Å². The van der Waals surface area contributed by atoms with Crippen LogP contribution in [0.5, 0.6) is 0 Å². The average molecular weight is 210 g/mol. The smallest absolute Gasteiger partial charge is 0.222 e. The molecular weight excluding hydrogens is 192 g/mol. The number of nitrogens with two attached hydrogens (primary N) is 1. The van der Waals surface area contributed by atoms with Gasteiger partial charge in [-0.25, -0.2) is 4.98 Å². The summed E-state index contributed by atoms with van der Waals surface area (Å²) < 4.78 is 1.88. The molecule has 0 aliphatic carbocycles. The van der Waals surface area contributed by atoms with Gasteiger partial charge in [0.1, 0.15) is 0 Å². The number of carbonyl (C=O) groups is 1. The number of carbonyl (C=O) groups excluding carboxylic acids is 1. The van der Waals surface area contributed by atoms with Crippen LogP contribution < -0.4 is 11.1 Å². The maximum absolute atomic E-state index is 11.5. The normalized spacial score (nSPS) is 12.4. The summed E-state index contributed by atoms with van der Waals surface area (Å²) in [6.07, 6.45) is 6.58. The Kier molecular flexibility index (Phi) is 4.83. The summed E-state index contributed by atoms with van der Waals surface area (Å²) in [6.45, 7) is 3.16. The summed E-state index contributed by atoms with van der Waals surface area (Å²) in [5.74, 6) is 0.0426. The SMILES string of the molecule is CCC(CN)NC(=O)CCn1ccnc1. The van der Waals surface area contributed by atoms with Crippen LogP contribution in [-0.4, -0.2) is 28.0 Å². The predicted molar refractivity (Wildman–Crippen MR) is 58.1 cm³/mol. The molecule has 0 aliphatic rings. The molecule has 0 fully saturated rings. The van der Waals surface area contributed by atoms with Gasteiger partial charge in [-0.15, -0.1) is 0 Å². The minimum atomic E-state index is 0.0426. The number of hydrogen-bond acceptors (Lipinski definition) is 3. The van der Waals surface area contributed by atoms with Gasteiger partial charge >= 0.3 is 0 Å². The topological polar surface area (TPSA) is 72.9 Å². The highest BCUT2D eigenvalue weighted by atomic mass is 16.1. The van der Waals surface area contributed by atoms with Crippen molar-refractivity contribution in [2.24, 2.45) is 5.73 Å². The molecule has 0 radical (unpaired) electrons. The molecule has 0 spiro atoms. The molecule has 15 heavy (non-hydrogen) atoms. The number of aromatic nitrogens is 2. The molecule has 0 saturated carbocycles. The first kappa shape index (κ1) is 11.7. The molecule has 1 unspecified atom stereocenters. The Bertz CT molecular complexity index is 280. The Morgan fingerprint density at radius 3 is 3.00 bits per heavy atom. The van der Waals surface area contributed by atoms with E-state index in [-0.39, 0.29) is 11.9 Å². The maximum Gasteiger partial charge on any atom is 0.222 e. The molecular formula is C10H18N4O. The highest BCUT2D eigenvalue weighted by Gasteiger charge is 2.07. The van der Waals surface area contributed by atoms with Gasteiger partial charge in [0.25, 0.3) is 0 Å². The van der Waals surface area contributed by atoms with Crippen molar-refractivity contribution in [1.29, 1.82) is 0 Å². The highest BCUT2D eigenvalue weighted by molar-refractivity contribution is 5.76. The van der Waals surface area contributed by atoms with Gasteiger partial charge < -0.3 is 15.6 Å². The number of rotatable bonds is 6. The first-order chi connectivity index (χ1) is 7.26. The van der Waals surface area contributed by atoms with Crippen molar-refractivity contribution in [2.75, 3.05) is 6.54 Å². The predicted octanol–water partition coefficient (Wildman–Crippen LogP) is 0.127. The highest BCUT2D eigenvalue weighted by Crippen LogP contribution is 1.93. The maximum atomic E-state index is 11.5. The molecule has 5 heteroatoms. The summed E-state index contributed by atoms with van der Waals surface area (Å²) >= 11 is 0. The third-order valence-corrected chi connectivity index (χ3v) is 2.30. The number of aryl methyl sites for hydroxylation is 1. The third-order valence-electron chi connectivity index (χ3n) is 2.30. The Balaban J connectivity index is 2.24. The van der Waals surface area contributed by atoms with E-state index in [0.29, 0.717) is 19.5 Å². The van der Waals surface area contributed by atoms with Gasteiger partial charge in [-0.2, -0.15) is 0 Å². The summed E-state index contributed by atoms with van der Waals surface area (Å²) in [5.41, 5.74) is 5.49. The van der Waals surface area contributed by atoms with Crippen molar-refractivity contribution in [3.05, 3.63) is 18.7 Å². The van der Waals surface area contributed by atoms with Gasteiger partial charge in [0.2, 0.25) is 5.91 Å². The van der Waals surface area contributed by atoms with Crippen molar-refractivity contribution in [2.45, 2.75) is 32.4 Å². The Hall–Kier alpha value is -1.36. The summed E-state index contributed by atoms with van der Waals surface area (Å²) in [4.78, 5) is 15.4. The van der Waals surface area contributed by atoms with Crippen molar-refractivity contribution in [3.63, 3.8) is 0 Å². The minimum Gasteiger partial charge on any atom is -0.352 e. The lowest BCUT2D eigenvalue weighted by molar-refractivity contribution is -0.122. The molecule has 0 bridgehead atoms. The molecule has 1 amide bonds. The number of nitrogens with zero attached hydrogens (tertiary/aromatic N) is 2. The molecule has 1 aromatic rings. The van der Waals surface area contributed by atoms with Crippen molar-refractivity contribution < 1.29 is 4.79 Å². The fourth-order valence-corrected chi connectivity index (χ4v) is 1.28. The van der Waals surface area contributed by atoms with Crippen LogP contribution in [0.4, 0.5) is 0 Å². The van der Waals surface area contributed by atoms with E-state index in [4.69, 9.17) is 5.73 Å². The molecule has 84 valence electrons. The van der Waals surface area contributed by atoms with Gasteiger partial charge in [-0.05, 0) is 6.42 Å². The van der Waals surface area contributed by atoms with Crippen LogP contribution >= 0.6 is 0 Å². The Morgan fingerprint density at radius 2 is 2.47 bits per heavy atom. The molecule has 1 heterocycles. The Labute approximate surface area is 89.7 Å². The van der Waals surface area contributed by atoms with Crippen LogP contribution in [0.25, 0.3) is 0 Å². The molecule has 1 aromatic heterocycles. The van der Waals surface area contributed by atoms with E-state index in [1.807, 2.05) is 17.7 Å². The standard InChI is InChI=1S/C10H18N4O/c1-2-9(7-11)13-10(15)3-5-14-6-4-12-8-14/h4,6,8-9H,2-3,5,7,11H2,1H3,(H,13,15). The number of hydrogen-bond donors (Lipinski definition) is 2. The van der Waals surface area contributed by atoms with E-state index in [9.17, 15) is 4.79 Å². The van der Waals surface area contributed by atoms with Crippen molar-refractivity contribution >= 4 is 5.91 Å². The van der Waals surface area contributed by atoms with E-state index in [2.05, 4.69) is 10.3 Å². The second-order valence-corrected chi connectivity index (χ2v) is 3.46. The molecule has 1 rings (SSSR count). The monoisotopic (exact) mass is 210 g/mol. The molecule has 0 aliphatic heterocycles. The van der Waals surface area contributed by atoms with E-state index < -0.39 is 0 Å². The van der Waals surface area contributed by atoms with Crippen LogP contribution in [0.1, 0.15) is 19.8 Å². The number of imidazole rings is 1. The summed E-state index contributed by atoms with van der Waals surface area (Å²) in [7, 11) is 0. The van der Waals surface area contributed by atoms with Gasteiger partial charge in [-0.3, -0.25) is 4.79 Å². The molecule has 0 aromatic carbocycles. The number of nitrogens with one attached hydrogen (secondary N) is 1. The van der Waals surface area contributed by atoms with E-state index >= 15 is 0 Å². The van der Waals surface area contributed by atoms with Crippen LogP contribution in [0.15, 0.2) is 18.7 Å². The van der Waals surface area contributed by atoms with E-state index in [1.54, 1.807) is 12.5 Å². The van der Waals surface area contributed by atoms with Crippen LogP contribution in [0.2, 0.25) is 0 Å². The minimum absolute atomic E-state index is 0.0426. The van der Waals surface area contributed by atoms with E-state index in [1.165, 1.54) is 0 Å². The first-order valence-electron chi connectivity index (χ1n) is 5.21. The second-order valence-electron chi connectivity index (χ2n) is 3.46. The fourth-order valence-electron chi connectivity index (χ4n) is 1.28. The zero-order chi connectivity index (χ0) is 11.1. The zero-order valence-corrected chi connectivity index (χ0v) is 9.02. The summed E-state index contributed by atoms with van der Waals surface area (Å²) in [5, 5.41) is 2.88. The molecule has 0 saturated heterocycles. The third kappa shape index (κ3) is 4.12. The van der Waals surface area contributed by atoms with Crippen LogP contribution in [0.3, 0.4) is 0 Å². The average Bonchev–Trinajstić information content (AvgIpc) is 2.75. The number of amides is 1. The lowest BCUT2D eigenvalue weighted by Crippen LogP contribution is -2.39. The zero-order valence-electron chi connectivity index (χ0n) is 9.02. The lowest BCUT2D eigenvalue weighted by Gasteiger charge is -2.14. The Morgan fingerprint density at radius 1 is 1.67 bits per heavy atom. The molecule has 1 atom stereocenters. The van der Waals surface area contributed by atoms with Gasteiger partial charge in [0.15, 0.2) is 0 Å².